The number of hydrogen-bond donors (Lipinski definition) is 0. The largest absolute Gasteiger partial charge is 0.327 e. The molecule has 3 rings (SSSR count). The zero-order valence-electron chi connectivity index (χ0n) is 10.1. The van der Waals surface area contributed by atoms with Crippen LogP contribution in [0.3, 0.4) is 0 Å². The number of benzene rings is 1. The van der Waals surface area contributed by atoms with Gasteiger partial charge in [0.15, 0.2) is 0 Å². The number of nitrogens with zero attached hydrogens (tertiary/aromatic N) is 2. The van der Waals surface area contributed by atoms with E-state index in [4.69, 9.17) is 23.2 Å². The van der Waals surface area contributed by atoms with E-state index in [2.05, 4.69) is 27.1 Å². The van der Waals surface area contributed by atoms with Crippen molar-refractivity contribution in [1.29, 1.82) is 0 Å². The van der Waals surface area contributed by atoms with Crippen LogP contribution < -0.4 is 0 Å². The first-order valence-corrected chi connectivity index (χ1v) is 7.81. The Labute approximate surface area is 125 Å². The van der Waals surface area contributed by atoms with E-state index in [-0.39, 0.29) is 0 Å². The van der Waals surface area contributed by atoms with Gasteiger partial charge in [0, 0.05) is 11.4 Å². The molecule has 19 heavy (non-hydrogen) atoms. The molecule has 2 nitrogen and oxygen atoms in total. The van der Waals surface area contributed by atoms with Crippen LogP contribution in [0.1, 0.15) is 10.7 Å². The van der Waals surface area contributed by atoms with Crippen molar-refractivity contribution in [2.24, 2.45) is 0 Å². The minimum atomic E-state index is 0.398. The predicted molar refractivity (Wildman–Crippen MR) is 82.3 cm³/mol. The lowest BCUT2D eigenvalue weighted by atomic mass is 10.3. The van der Waals surface area contributed by atoms with E-state index in [9.17, 15) is 0 Å². The van der Waals surface area contributed by atoms with Gasteiger partial charge < -0.3 is 4.57 Å². The summed E-state index contributed by atoms with van der Waals surface area (Å²) in [4.78, 5) is 5.90. The van der Waals surface area contributed by atoms with Crippen LogP contribution in [0.15, 0.2) is 35.7 Å². The quantitative estimate of drug-likeness (QED) is 0.637. The summed E-state index contributed by atoms with van der Waals surface area (Å²) < 4.78 is 2.16. The van der Waals surface area contributed by atoms with Gasteiger partial charge in [-0.15, -0.1) is 22.9 Å². The lowest BCUT2D eigenvalue weighted by molar-refractivity contribution is 0.693. The summed E-state index contributed by atoms with van der Waals surface area (Å²) in [6.45, 7) is 0.874. The first-order chi connectivity index (χ1) is 9.29. The molecule has 2 aromatic heterocycles. The van der Waals surface area contributed by atoms with Crippen molar-refractivity contribution in [1.82, 2.24) is 9.55 Å². The van der Waals surface area contributed by atoms with Crippen LogP contribution >= 0.6 is 34.5 Å². The molecule has 0 amide bonds. The fourth-order valence-electron chi connectivity index (χ4n) is 2.19. The average molecular weight is 311 g/mol. The number of imidazole rings is 1. The molecule has 3 aromatic rings. The average Bonchev–Trinajstić information content (AvgIpc) is 3.03. The molecule has 5 heteroatoms. The molecule has 0 aliphatic rings. The van der Waals surface area contributed by atoms with Gasteiger partial charge in [0.05, 0.1) is 16.4 Å². The smallest absolute Gasteiger partial charge is 0.124 e. The summed E-state index contributed by atoms with van der Waals surface area (Å²) in [5, 5.41) is 2.78. The van der Waals surface area contributed by atoms with Gasteiger partial charge in [-0.3, -0.25) is 0 Å². The molecule has 0 aliphatic heterocycles. The molecule has 0 saturated heterocycles. The molecular formula is C14H12Cl2N2S. The summed E-state index contributed by atoms with van der Waals surface area (Å²) >= 11 is 13.9. The fourth-order valence-corrected chi connectivity index (χ4v) is 3.30. The van der Waals surface area contributed by atoms with Gasteiger partial charge >= 0.3 is 0 Å². The van der Waals surface area contributed by atoms with Gasteiger partial charge in [-0.1, -0.05) is 23.7 Å². The summed E-state index contributed by atoms with van der Waals surface area (Å²) in [6.07, 6.45) is 0.986. The Hall–Kier alpha value is -1.03. The number of aryl methyl sites for hydroxylation is 2. The molecule has 0 aliphatic carbocycles. The van der Waals surface area contributed by atoms with Crippen molar-refractivity contribution >= 4 is 45.6 Å². The van der Waals surface area contributed by atoms with Crippen molar-refractivity contribution in [3.05, 3.63) is 51.4 Å². The summed E-state index contributed by atoms with van der Waals surface area (Å²) in [7, 11) is 0. The third-order valence-corrected chi connectivity index (χ3v) is 4.57. The van der Waals surface area contributed by atoms with E-state index in [1.165, 1.54) is 4.88 Å². The number of aromatic nitrogens is 2. The van der Waals surface area contributed by atoms with Crippen molar-refractivity contribution < 1.29 is 0 Å². The van der Waals surface area contributed by atoms with Crippen LogP contribution in [0.4, 0.5) is 0 Å². The molecule has 98 valence electrons. The van der Waals surface area contributed by atoms with E-state index in [0.29, 0.717) is 10.9 Å². The predicted octanol–water partition coefficient (Wildman–Crippen LogP) is 4.73. The van der Waals surface area contributed by atoms with Crippen LogP contribution in [0.5, 0.6) is 0 Å². The van der Waals surface area contributed by atoms with Gasteiger partial charge in [0.2, 0.25) is 0 Å². The first-order valence-electron chi connectivity index (χ1n) is 6.01. The number of rotatable bonds is 4. The van der Waals surface area contributed by atoms with Crippen molar-refractivity contribution in [2.75, 3.05) is 0 Å². The summed E-state index contributed by atoms with van der Waals surface area (Å²) in [6, 6.07) is 10.1. The summed E-state index contributed by atoms with van der Waals surface area (Å²) in [5.41, 5.74) is 1.89. The van der Waals surface area contributed by atoms with E-state index in [1.54, 1.807) is 11.3 Å². The molecule has 0 unspecified atom stereocenters. The molecule has 0 saturated carbocycles. The molecular weight excluding hydrogens is 299 g/mol. The Morgan fingerprint density at radius 3 is 2.84 bits per heavy atom. The Morgan fingerprint density at radius 1 is 1.21 bits per heavy atom. The lowest BCUT2D eigenvalue weighted by Gasteiger charge is -2.06. The highest BCUT2D eigenvalue weighted by Crippen LogP contribution is 2.25. The first kappa shape index (κ1) is 13.0. The molecule has 0 fully saturated rings. The van der Waals surface area contributed by atoms with Crippen LogP contribution in [0.25, 0.3) is 11.0 Å². The number of hydrogen-bond acceptors (Lipinski definition) is 2. The molecule has 0 bridgehead atoms. The van der Waals surface area contributed by atoms with E-state index >= 15 is 0 Å². The maximum atomic E-state index is 6.18. The highest BCUT2D eigenvalue weighted by molar-refractivity contribution is 7.09. The second-order valence-corrected chi connectivity index (χ2v) is 5.96. The number of fused-ring (bicyclic) bond motifs is 1. The molecule has 1 aromatic carbocycles. The maximum Gasteiger partial charge on any atom is 0.124 e. The number of thiophene rings is 1. The SMILES string of the molecule is ClCc1nc2c(Cl)cccc2n1CCc1cccs1. The van der Waals surface area contributed by atoms with Crippen LogP contribution in [-0.4, -0.2) is 9.55 Å². The fraction of sp³-hybridized carbons (Fsp3) is 0.214. The second-order valence-electron chi connectivity index (χ2n) is 4.25. The van der Waals surface area contributed by atoms with Gasteiger partial charge in [-0.2, -0.15) is 0 Å². The maximum absolute atomic E-state index is 6.18. The van der Waals surface area contributed by atoms with E-state index in [0.717, 1.165) is 29.8 Å². The van der Waals surface area contributed by atoms with Crippen LogP contribution in [-0.2, 0) is 18.8 Å². The zero-order valence-corrected chi connectivity index (χ0v) is 12.5. The molecule has 0 atom stereocenters. The van der Waals surface area contributed by atoms with Crippen LogP contribution in [0, 0.1) is 0 Å². The molecule has 2 heterocycles. The highest BCUT2D eigenvalue weighted by atomic mass is 35.5. The minimum absolute atomic E-state index is 0.398. The van der Waals surface area contributed by atoms with Gasteiger partial charge in [0.1, 0.15) is 11.3 Å². The zero-order chi connectivity index (χ0) is 13.2. The Morgan fingerprint density at radius 2 is 2.11 bits per heavy atom. The van der Waals surface area contributed by atoms with Gasteiger partial charge in [-0.05, 0) is 30.0 Å². The monoisotopic (exact) mass is 310 g/mol. The number of alkyl halides is 1. The third-order valence-electron chi connectivity index (χ3n) is 3.09. The molecule has 0 spiro atoms. The van der Waals surface area contributed by atoms with Crippen LogP contribution in [0.2, 0.25) is 5.02 Å². The summed E-state index contributed by atoms with van der Waals surface area (Å²) in [5.74, 6) is 1.27. The van der Waals surface area contributed by atoms with E-state index in [1.807, 2.05) is 18.2 Å². The second kappa shape index (κ2) is 5.53. The number of halogens is 2. The highest BCUT2D eigenvalue weighted by Gasteiger charge is 2.12. The van der Waals surface area contributed by atoms with Gasteiger partial charge in [0.25, 0.3) is 0 Å². The Kier molecular flexibility index (Phi) is 3.78. The topological polar surface area (TPSA) is 17.8 Å². The standard InChI is InChI=1S/C14H12Cl2N2S/c15-9-13-17-14-11(16)4-1-5-12(14)18(13)7-6-10-3-2-8-19-10/h1-5,8H,6-7,9H2. The number of para-hydroxylation sites is 1. The Balaban J connectivity index is 1.99. The minimum Gasteiger partial charge on any atom is -0.327 e. The Bertz CT molecular complexity index is 689. The third kappa shape index (κ3) is 2.50. The van der Waals surface area contributed by atoms with Gasteiger partial charge in [-0.25, -0.2) is 4.98 Å². The normalized spacial score (nSPS) is 11.3. The molecule has 0 radical (unpaired) electrons. The van der Waals surface area contributed by atoms with Crippen molar-refractivity contribution in [3.8, 4) is 0 Å². The van der Waals surface area contributed by atoms with E-state index < -0.39 is 0 Å². The lowest BCUT2D eigenvalue weighted by Crippen LogP contribution is -2.04. The van der Waals surface area contributed by atoms with Crippen molar-refractivity contribution in [3.63, 3.8) is 0 Å². The van der Waals surface area contributed by atoms with Crippen molar-refractivity contribution in [2.45, 2.75) is 18.8 Å². The molecule has 0 N–H and O–H groups in total.